The summed E-state index contributed by atoms with van der Waals surface area (Å²) in [5.74, 6) is 0. The van der Waals surface area contributed by atoms with Crippen molar-refractivity contribution in [3.05, 3.63) is 0 Å². The lowest BCUT2D eigenvalue weighted by atomic mass is 10.3. The van der Waals surface area contributed by atoms with Gasteiger partial charge in [0.25, 0.3) is 0 Å². The summed E-state index contributed by atoms with van der Waals surface area (Å²) in [5.41, 5.74) is 0. The van der Waals surface area contributed by atoms with Gasteiger partial charge in [0.15, 0.2) is 0 Å². The lowest BCUT2D eigenvalue weighted by molar-refractivity contribution is 0.0206. The normalized spacial score (nSPS) is 23.3. The van der Waals surface area contributed by atoms with E-state index in [1.54, 1.807) is 6.92 Å². The molecular formula is C10H21NO2. The minimum Gasteiger partial charge on any atom is -0.391 e. The first kappa shape index (κ1) is 11.0. The topological polar surface area (TPSA) is 32.7 Å². The second-order valence-corrected chi connectivity index (χ2v) is 3.98. The molecule has 0 saturated carbocycles. The van der Waals surface area contributed by atoms with Crippen molar-refractivity contribution in [2.75, 3.05) is 26.3 Å². The zero-order chi connectivity index (χ0) is 9.68. The predicted molar refractivity (Wildman–Crippen MR) is 52.8 cm³/mol. The lowest BCUT2D eigenvalue weighted by Gasteiger charge is -2.23. The second kappa shape index (κ2) is 5.58. The third-order valence-electron chi connectivity index (χ3n) is 2.48. The largest absolute Gasteiger partial charge is 0.391 e. The fraction of sp³-hybridized carbons (Fsp3) is 1.00. The molecule has 1 rings (SSSR count). The van der Waals surface area contributed by atoms with E-state index < -0.39 is 0 Å². The highest BCUT2D eigenvalue weighted by Gasteiger charge is 2.17. The number of nitrogens with zero attached hydrogens (tertiary/aromatic N) is 1. The van der Waals surface area contributed by atoms with Crippen LogP contribution in [0, 0.1) is 0 Å². The quantitative estimate of drug-likeness (QED) is 0.693. The van der Waals surface area contributed by atoms with Crippen LogP contribution < -0.4 is 0 Å². The van der Waals surface area contributed by atoms with E-state index in [0.717, 1.165) is 6.61 Å². The van der Waals surface area contributed by atoms with E-state index in [1.165, 1.54) is 25.9 Å². The van der Waals surface area contributed by atoms with Gasteiger partial charge in [0.1, 0.15) is 0 Å². The smallest absolute Gasteiger partial charge is 0.0745 e. The van der Waals surface area contributed by atoms with E-state index in [-0.39, 0.29) is 6.10 Å². The molecule has 78 valence electrons. The van der Waals surface area contributed by atoms with E-state index in [1.807, 2.05) is 0 Å². The van der Waals surface area contributed by atoms with E-state index in [0.29, 0.717) is 12.6 Å². The van der Waals surface area contributed by atoms with Gasteiger partial charge < -0.3 is 9.84 Å². The molecule has 2 atom stereocenters. The monoisotopic (exact) mass is 187 g/mol. The van der Waals surface area contributed by atoms with Gasteiger partial charge in [-0.25, -0.2) is 0 Å². The Bertz CT molecular complexity index is 133. The first-order valence-electron chi connectivity index (χ1n) is 5.20. The Morgan fingerprint density at radius 1 is 1.23 bits per heavy atom. The van der Waals surface area contributed by atoms with E-state index >= 15 is 0 Å². The summed E-state index contributed by atoms with van der Waals surface area (Å²) in [6.07, 6.45) is 2.30. The number of ether oxygens (including phenoxy) is 1. The maximum Gasteiger partial charge on any atom is 0.0745 e. The summed E-state index contributed by atoms with van der Waals surface area (Å²) in [4.78, 5) is 2.45. The van der Waals surface area contributed by atoms with Gasteiger partial charge in [-0.05, 0) is 39.8 Å². The molecule has 1 saturated heterocycles. The lowest BCUT2D eigenvalue weighted by Crippen LogP contribution is -2.34. The van der Waals surface area contributed by atoms with E-state index in [2.05, 4.69) is 11.8 Å². The van der Waals surface area contributed by atoms with Gasteiger partial charge in [-0.1, -0.05) is 0 Å². The van der Waals surface area contributed by atoms with Crippen LogP contribution in [0.5, 0.6) is 0 Å². The van der Waals surface area contributed by atoms with Crippen molar-refractivity contribution in [3.63, 3.8) is 0 Å². The van der Waals surface area contributed by atoms with Crippen LogP contribution in [0.3, 0.4) is 0 Å². The summed E-state index contributed by atoms with van der Waals surface area (Å²) < 4.78 is 5.38. The summed E-state index contributed by atoms with van der Waals surface area (Å²) in [7, 11) is 0. The van der Waals surface area contributed by atoms with E-state index in [4.69, 9.17) is 9.84 Å². The van der Waals surface area contributed by atoms with Gasteiger partial charge >= 0.3 is 0 Å². The zero-order valence-electron chi connectivity index (χ0n) is 8.70. The second-order valence-electron chi connectivity index (χ2n) is 3.98. The van der Waals surface area contributed by atoms with Crippen LogP contribution in [0.15, 0.2) is 0 Å². The molecule has 0 radical (unpaired) electrons. The fourth-order valence-electron chi connectivity index (χ4n) is 1.70. The first-order chi connectivity index (χ1) is 6.20. The number of hydrogen-bond acceptors (Lipinski definition) is 3. The van der Waals surface area contributed by atoms with Crippen molar-refractivity contribution in [1.82, 2.24) is 4.90 Å². The molecule has 0 spiro atoms. The van der Waals surface area contributed by atoms with Crippen molar-refractivity contribution >= 4 is 0 Å². The van der Waals surface area contributed by atoms with Crippen LogP contribution >= 0.6 is 0 Å². The van der Waals surface area contributed by atoms with Crippen molar-refractivity contribution in [2.45, 2.75) is 38.8 Å². The molecule has 1 heterocycles. The fourth-order valence-corrected chi connectivity index (χ4v) is 1.70. The molecule has 0 aliphatic carbocycles. The summed E-state index contributed by atoms with van der Waals surface area (Å²) in [5, 5.41) is 8.99. The van der Waals surface area contributed by atoms with Crippen LogP contribution in [0.25, 0.3) is 0 Å². The third kappa shape index (κ3) is 4.07. The Morgan fingerprint density at radius 3 is 2.38 bits per heavy atom. The van der Waals surface area contributed by atoms with Gasteiger partial charge in [-0.2, -0.15) is 0 Å². The van der Waals surface area contributed by atoms with Crippen molar-refractivity contribution in [2.24, 2.45) is 0 Å². The van der Waals surface area contributed by atoms with Crippen LogP contribution in [0.2, 0.25) is 0 Å². The Hall–Kier alpha value is -0.120. The van der Waals surface area contributed by atoms with Gasteiger partial charge in [-0.3, -0.25) is 4.90 Å². The first-order valence-corrected chi connectivity index (χ1v) is 5.20. The molecule has 0 aromatic heterocycles. The molecule has 3 heteroatoms. The Morgan fingerprint density at radius 2 is 1.85 bits per heavy atom. The van der Waals surface area contributed by atoms with Crippen LogP contribution in [-0.2, 0) is 4.74 Å². The molecule has 2 unspecified atom stereocenters. The minimum atomic E-state index is -0.342. The number of aliphatic hydroxyl groups is 1. The highest BCUT2D eigenvalue weighted by Crippen LogP contribution is 2.11. The Kier molecular flexibility index (Phi) is 4.70. The average Bonchev–Trinajstić information content (AvgIpc) is 2.55. The summed E-state index contributed by atoms with van der Waals surface area (Å²) in [6, 6.07) is 0.501. The van der Waals surface area contributed by atoms with Crippen LogP contribution in [0.4, 0.5) is 0 Å². The number of likely N-dealkylation sites (tertiary alicyclic amines) is 1. The predicted octanol–water partition coefficient (Wildman–Crippen LogP) is 0.868. The number of rotatable bonds is 5. The Balaban J connectivity index is 2.06. The molecule has 1 fully saturated rings. The molecule has 0 bridgehead atoms. The minimum absolute atomic E-state index is 0.342. The molecule has 0 aromatic carbocycles. The number of aliphatic hydroxyl groups excluding tert-OH is 1. The molecule has 1 aliphatic rings. The molecule has 3 nitrogen and oxygen atoms in total. The summed E-state index contributed by atoms with van der Waals surface area (Å²) in [6.45, 7) is 7.55. The van der Waals surface area contributed by atoms with Crippen molar-refractivity contribution < 1.29 is 9.84 Å². The highest BCUT2D eigenvalue weighted by molar-refractivity contribution is 4.72. The summed E-state index contributed by atoms with van der Waals surface area (Å²) >= 11 is 0. The van der Waals surface area contributed by atoms with Gasteiger partial charge in [0, 0.05) is 6.04 Å². The molecule has 1 aliphatic heterocycles. The molecule has 0 aromatic rings. The van der Waals surface area contributed by atoms with Crippen molar-refractivity contribution in [1.29, 1.82) is 0 Å². The molecule has 0 amide bonds. The highest BCUT2D eigenvalue weighted by atomic mass is 16.5. The molecule has 1 N–H and O–H groups in total. The molecular weight excluding hydrogens is 166 g/mol. The van der Waals surface area contributed by atoms with Crippen molar-refractivity contribution in [3.8, 4) is 0 Å². The van der Waals surface area contributed by atoms with Crippen LogP contribution in [-0.4, -0.2) is 48.5 Å². The van der Waals surface area contributed by atoms with E-state index in [9.17, 15) is 0 Å². The maximum absolute atomic E-state index is 8.99. The zero-order valence-corrected chi connectivity index (χ0v) is 8.70. The standard InChI is InChI=1S/C10H21NO2/c1-9(7-13-8-10(2)12)11-5-3-4-6-11/h9-10,12H,3-8H2,1-2H3. The molecule has 13 heavy (non-hydrogen) atoms. The van der Waals surface area contributed by atoms with Gasteiger partial charge in [-0.15, -0.1) is 0 Å². The van der Waals surface area contributed by atoms with Crippen LogP contribution in [0.1, 0.15) is 26.7 Å². The average molecular weight is 187 g/mol. The van der Waals surface area contributed by atoms with Gasteiger partial charge in [0.05, 0.1) is 19.3 Å². The van der Waals surface area contributed by atoms with Gasteiger partial charge in [0.2, 0.25) is 0 Å². The Labute approximate surface area is 80.7 Å². The number of hydrogen-bond donors (Lipinski definition) is 1. The third-order valence-corrected chi connectivity index (χ3v) is 2.48. The SMILES string of the molecule is CC(O)COCC(C)N1CCCC1. The maximum atomic E-state index is 8.99.